The van der Waals surface area contributed by atoms with Crippen LogP contribution in [0.15, 0.2) is 60.7 Å². The van der Waals surface area contributed by atoms with Gasteiger partial charge in [0, 0.05) is 22.7 Å². The standard InChI is InChI=1S/C18H15F5N2O3.C18H17F3N2O3/c1-18(2,3)28-17(27)25-9-6-4-8(5-7-9)24-16(26)10-11(19)13(21)15(23)14(22)12(10)20;1-18(2,3)26-17(25)23-11-6-4-10(5-7-11)22-16(24)12-8-9-13(19)15(21)14(12)20/h4-7H,1-3H3,(H,24,26)(H,25,27);4-9H,1-3H3,(H,22,24)(H,23,25). The maximum absolute atomic E-state index is 13.7. The van der Waals surface area contributed by atoms with Gasteiger partial charge in [-0.15, -0.1) is 0 Å². The maximum Gasteiger partial charge on any atom is 0.412 e. The molecule has 4 amide bonds. The van der Waals surface area contributed by atoms with Gasteiger partial charge in [0.2, 0.25) is 5.82 Å². The van der Waals surface area contributed by atoms with Crippen molar-refractivity contribution in [1.29, 1.82) is 0 Å². The van der Waals surface area contributed by atoms with Gasteiger partial charge in [0.25, 0.3) is 11.8 Å². The lowest BCUT2D eigenvalue weighted by Gasteiger charge is -2.19. The van der Waals surface area contributed by atoms with E-state index < -0.39 is 92.9 Å². The predicted octanol–water partition coefficient (Wildman–Crippen LogP) is 9.68. The van der Waals surface area contributed by atoms with E-state index in [1.54, 1.807) is 41.5 Å². The highest BCUT2D eigenvalue weighted by Gasteiger charge is 2.30. The third-order valence-electron chi connectivity index (χ3n) is 6.29. The fraction of sp³-hybridized carbons (Fsp3) is 0.222. The molecule has 0 atom stereocenters. The summed E-state index contributed by atoms with van der Waals surface area (Å²) in [5.74, 6) is -18.4. The second kappa shape index (κ2) is 17.1. The monoisotopic (exact) mass is 768 g/mol. The van der Waals surface area contributed by atoms with Gasteiger partial charge >= 0.3 is 12.2 Å². The molecule has 0 unspecified atom stereocenters. The largest absolute Gasteiger partial charge is 0.444 e. The predicted molar refractivity (Wildman–Crippen MR) is 181 cm³/mol. The molecule has 10 nitrogen and oxygen atoms in total. The quantitative estimate of drug-likeness (QED) is 0.0877. The number of anilines is 4. The molecule has 4 aromatic rings. The Kier molecular flexibility index (Phi) is 13.4. The van der Waals surface area contributed by atoms with E-state index in [2.05, 4.69) is 16.0 Å². The van der Waals surface area contributed by atoms with Gasteiger partial charge < -0.3 is 20.1 Å². The number of amides is 4. The molecule has 54 heavy (non-hydrogen) atoms. The van der Waals surface area contributed by atoms with E-state index in [1.165, 1.54) is 48.5 Å². The van der Waals surface area contributed by atoms with E-state index in [-0.39, 0.29) is 17.1 Å². The molecule has 4 rings (SSSR count). The number of halogens is 8. The van der Waals surface area contributed by atoms with Gasteiger partial charge in [-0.3, -0.25) is 20.2 Å². The van der Waals surface area contributed by atoms with E-state index in [0.717, 1.165) is 6.07 Å². The molecule has 4 aromatic carbocycles. The van der Waals surface area contributed by atoms with E-state index in [1.807, 2.05) is 5.32 Å². The Hall–Kier alpha value is -6.20. The Labute approximate surface area is 302 Å². The van der Waals surface area contributed by atoms with Crippen LogP contribution in [0.1, 0.15) is 62.3 Å². The maximum atomic E-state index is 13.7. The summed E-state index contributed by atoms with van der Waals surface area (Å²) < 4.78 is 117. The smallest absolute Gasteiger partial charge is 0.412 e. The lowest BCUT2D eigenvalue weighted by atomic mass is 10.1. The highest BCUT2D eigenvalue weighted by atomic mass is 19.2. The summed E-state index contributed by atoms with van der Waals surface area (Å²) in [5, 5.41) is 9.29. The van der Waals surface area contributed by atoms with Gasteiger partial charge in [-0.25, -0.2) is 44.7 Å². The van der Waals surface area contributed by atoms with E-state index in [9.17, 15) is 54.3 Å². The molecule has 0 heterocycles. The van der Waals surface area contributed by atoms with Crippen LogP contribution in [-0.4, -0.2) is 35.2 Å². The van der Waals surface area contributed by atoms with Crippen molar-refractivity contribution in [2.45, 2.75) is 52.7 Å². The first-order chi connectivity index (χ1) is 25.0. The van der Waals surface area contributed by atoms with Crippen LogP contribution in [0, 0.1) is 46.5 Å². The number of hydrogen-bond acceptors (Lipinski definition) is 6. The highest BCUT2D eigenvalue weighted by Crippen LogP contribution is 2.25. The van der Waals surface area contributed by atoms with Crippen molar-refractivity contribution in [3.05, 3.63) is 118 Å². The molecule has 18 heteroatoms. The first-order valence-electron chi connectivity index (χ1n) is 15.4. The molecule has 0 saturated heterocycles. The van der Waals surface area contributed by atoms with Crippen molar-refractivity contribution in [3.63, 3.8) is 0 Å². The molecular formula is C36H32F8N4O6. The molecule has 0 aliphatic rings. The molecule has 0 aromatic heterocycles. The minimum absolute atomic E-state index is 0.0105. The molecule has 0 fully saturated rings. The fourth-order valence-corrected chi connectivity index (χ4v) is 4.01. The van der Waals surface area contributed by atoms with E-state index in [0.29, 0.717) is 11.8 Å². The van der Waals surface area contributed by atoms with Crippen molar-refractivity contribution >= 4 is 46.8 Å². The van der Waals surface area contributed by atoms with Crippen LogP contribution in [0.25, 0.3) is 0 Å². The minimum Gasteiger partial charge on any atom is -0.444 e. The Bertz CT molecular complexity index is 2020. The number of benzene rings is 4. The van der Waals surface area contributed by atoms with Crippen molar-refractivity contribution in [1.82, 2.24) is 0 Å². The topological polar surface area (TPSA) is 135 Å². The number of carbonyl (C=O) groups excluding carboxylic acids is 4. The Morgan fingerprint density at radius 1 is 0.426 bits per heavy atom. The second-order valence-electron chi connectivity index (χ2n) is 13.0. The van der Waals surface area contributed by atoms with Crippen LogP contribution in [0.4, 0.5) is 67.5 Å². The Morgan fingerprint density at radius 2 is 0.759 bits per heavy atom. The number of rotatable bonds is 6. The van der Waals surface area contributed by atoms with Crippen LogP contribution >= 0.6 is 0 Å². The summed E-state index contributed by atoms with van der Waals surface area (Å²) in [6, 6.07) is 12.5. The van der Waals surface area contributed by atoms with Gasteiger partial charge in [-0.2, -0.15) is 0 Å². The highest BCUT2D eigenvalue weighted by molar-refractivity contribution is 6.05. The van der Waals surface area contributed by atoms with Crippen molar-refractivity contribution < 1.29 is 63.8 Å². The molecule has 0 saturated carbocycles. The average Bonchev–Trinajstić information content (AvgIpc) is 3.06. The molecule has 0 radical (unpaired) electrons. The first-order valence-corrected chi connectivity index (χ1v) is 15.4. The van der Waals surface area contributed by atoms with Gasteiger partial charge in [0.05, 0.1) is 5.56 Å². The Morgan fingerprint density at radius 3 is 1.13 bits per heavy atom. The number of hydrogen-bond donors (Lipinski definition) is 4. The zero-order chi connectivity index (χ0) is 40.7. The van der Waals surface area contributed by atoms with Crippen LogP contribution in [0.5, 0.6) is 0 Å². The van der Waals surface area contributed by atoms with E-state index >= 15 is 0 Å². The molecular weight excluding hydrogens is 736 g/mol. The number of carbonyl (C=O) groups is 4. The Balaban J connectivity index is 0.000000291. The third kappa shape index (κ3) is 11.7. The van der Waals surface area contributed by atoms with Crippen LogP contribution in [0.2, 0.25) is 0 Å². The molecule has 0 aliphatic carbocycles. The van der Waals surface area contributed by atoms with Gasteiger partial charge in [-0.1, -0.05) is 0 Å². The summed E-state index contributed by atoms with van der Waals surface area (Å²) in [6.07, 6.45) is -1.37. The van der Waals surface area contributed by atoms with Gasteiger partial charge in [0.1, 0.15) is 16.8 Å². The van der Waals surface area contributed by atoms with Crippen LogP contribution < -0.4 is 21.3 Å². The van der Waals surface area contributed by atoms with Crippen LogP contribution in [-0.2, 0) is 9.47 Å². The fourth-order valence-electron chi connectivity index (χ4n) is 4.01. The minimum atomic E-state index is -2.36. The SMILES string of the molecule is CC(C)(C)OC(=O)Nc1ccc(NC(=O)c2c(F)c(F)c(F)c(F)c2F)cc1.CC(C)(C)OC(=O)Nc1ccc(NC(=O)c2ccc(F)c(F)c2F)cc1. The normalized spacial score (nSPS) is 11.1. The zero-order valence-electron chi connectivity index (χ0n) is 29.2. The third-order valence-corrected chi connectivity index (χ3v) is 6.29. The number of ether oxygens (including phenoxy) is 2. The molecule has 0 bridgehead atoms. The van der Waals surface area contributed by atoms with Gasteiger partial charge in [-0.05, 0) is 102 Å². The lowest BCUT2D eigenvalue weighted by molar-refractivity contribution is 0.0624. The summed E-state index contributed by atoms with van der Waals surface area (Å²) in [4.78, 5) is 47.3. The van der Waals surface area contributed by atoms with Gasteiger partial charge in [0.15, 0.2) is 40.7 Å². The first kappa shape index (κ1) is 42.2. The molecule has 0 aliphatic heterocycles. The molecule has 288 valence electrons. The second-order valence-corrected chi connectivity index (χ2v) is 13.0. The zero-order valence-corrected chi connectivity index (χ0v) is 29.2. The number of nitrogens with one attached hydrogen (secondary N) is 4. The lowest BCUT2D eigenvalue weighted by Crippen LogP contribution is -2.27. The molecule has 4 N–H and O–H groups in total. The van der Waals surface area contributed by atoms with E-state index in [4.69, 9.17) is 9.47 Å². The summed E-state index contributed by atoms with van der Waals surface area (Å²) in [6.45, 7) is 10.2. The van der Waals surface area contributed by atoms with Crippen molar-refractivity contribution in [2.24, 2.45) is 0 Å². The average molecular weight is 769 g/mol. The summed E-state index contributed by atoms with van der Waals surface area (Å²) >= 11 is 0. The van der Waals surface area contributed by atoms with Crippen molar-refractivity contribution in [3.8, 4) is 0 Å². The summed E-state index contributed by atoms with van der Waals surface area (Å²) in [5.41, 5.74) is -2.64. The summed E-state index contributed by atoms with van der Waals surface area (Å²) in [7, 11) is 0. The van der Waals surface area contributed by atoms with Crippen molar-refractivity contribution in [2.75, 3.05) is 21.3 Å². The van der Waals surface area contributed by atoms with Crippen LogP contribution in [0.3, 0.4) is 0 Å². The molecule has 0 spiro atoms.